The van der Waals surface area contributed by atoms with Crippen LogP contribution in [0.2, 0.25) is 5.02 Å². The summed E-state index contributed by atoms with van der Waals surface area (Å²) in [4.78, 5) is 17.8. The van der Waals surface area contributed by atoms with Crippen molar-refractivity contribution in [2.75, 3.05) is 64.0 Å². The fraction of sp³-hybridized carbons (Fsp3) is 0.776. The third-order valence-electron chi connectivity index (χ3n) is 20.4. The van der Waals surface area contributed by atoms with E-state index in [-0.39, 0.29) is 39.4 Å². The number of fused-ring (bicyclic) bond motifs is 12. The minimum atomic E-state index is 0.00694. The maximum atomic E-state index is 6.39. The molecule has 6 saturated carbocycles. The summed E-state index contributed by atoms with van der Waals surface area (Å²) in [6.45, 7) is 12.6. The Morgan fingerprint density at radius 1 is 0.305 bits per heavy atom. The third kappa shape index (κ3) is 30.7. The Bertz CT molecular complexity index is 2310. The van der Waals surface area contributed by atoms with Crippen LogP contribution in [-0.2, 0) is 83.4 Å². The Balaban J connectivity index is 0.000000265. The van der Waals surface area contributed by atoms with Gasteiger partial charge in [-0.05, 0) is 113 Å². The maximum absolute atomic E-state index is 6.39. The quantitative estimate of drug-likeness (QED) is 0.0579. The van der Waals surface area contributed by atoms with Crippen molar-refractivity contribution in [3.05, 3.63) is 75.6 Å². The zero-order valence-corrected chi connectivity index (χ0v) is 66.0. The Kier molecular flexibility index (Phi) is 42.3. The monoisotopic (exact) mass is 1610 g/mol. The van der Waals surface area contributed by atoms with E-state index >= 15 is 0 Å². The molecule has 6 heterocycles. The zero-order chi connectivity index (χ0) is 66.5. The van der Waals surface area contributed by atoms with Crippen LogP contribution in [0.4, 0.5) is 0 Å². The summed E-state index contributed by atoms with van der Waals surface area (Å²) in [5.74, 6) is 1.87. The summed E-state index contributed by atoms with van der Waals surface area (Å²) in [7, 11) is 28.8. The van der Waals surface area contributed by atoms with Gasteiger partial charge in [0, 0.05) is 177 Å². The van der Waals surface area contributed by atoms with Crippen LogP contribution in [0.15, 0.2) is 46.2 Å². The SMILES string of the molecule is Clc1cc2nc(c1)CN[C@@H]1CCCC[C@H]1NCCN[C@@H]1CCCC[C@H]1NC2.[Cl][Mn][Cl].[Cl][Mn][Cl].[Cl][Mn][Cl].c1c(SCCOCCSc2cc3nc(c2)CN[C@@H]2CCCC[C@H]2NCCN[C@@H]2CCCC[C@H]2NC3)cc2nc1CN[C@@H]1CCCC[C@H]1NCCN[C@@H]1CCCC[C@H]1NC2. The van der Waals surface area contributed by atoms with Crippen molar-refractivity contribution < 1.29 is 44.1 Å². The van der Waals surface area contributed by atoms with Gasteiger partial charge in [0.25, 0.3) is 0 Å². The fourth-order valence-corrected chi connectivity index (χ4v) is 17.8. The molecule has 16 nitrogen and oxygen atoms in total. The molecule has 0 aromatic carbocycles. The molecule has 12 rings (SSSR count). The first-order valence-corrected chi connectivity index (χ1v) is 47.7. The van der Waals surface area contributed by atoms with Gasteiger partial charge in [-0.3, -0.25) is 15.0 Å². The van der Waals surface area contributed by atoms with Crippen LogP contribution in [0.1, 0.15) is 188 Å². The van der Waals surface area contributed by atoms with Gasteiger partial charge in [-0.15, -0.1) is 23.5 Å². The van der Waals surface area contributed by atoms with E-state index in [1.807, 2.05) is 35.7 Å². The van der Waals surface area contributed by atoms with Crippen molar-refractivity contribution in [1.29, 1.82) is 0 Å². The van der Waals surface area contributed by atoms with Gasteiger partial charge in [0.1, 0.15) is 0 Å². The Labute approximate surface area is 627 Å². The van der Waals surface area contributed by atoms with E-state index in [2.05, 4.69) is 88.1 Å². The van der Waals surface area contributed by atoms with Gasteiger partial charge in [0.05, 0.1) is 47.4 Å². The molecule has 28 heteroatoms. The molecule has 6 bridgehead atoms. The molecule has 3 aromatic heterocycles. The summed E-state index contributed by atoms with van der Waals surface area (Å²) in [5, 5.41) is 47.3. The van der Waals surface area contributed by atoms with Gasteiger partial charge >= 0.3 is 100.0 Å². The first-order chi connectivity index (χ1) is 46.7. The summed E-state index contributed by atoms with van der Waals surface area (Å²) in [6.07, 6.45) is 30.8. The second-order valence-electron chi connectivity index (χ2n) is 26.8. The van der Waals surface area contributed by atoms with Crippen molar-refractivity contribution in [3.63, 3.8) is 0 Å². The normalized spacial score (nSPS) is 29.7. The predicted molar refractivity (Wildman–Crippen MR) is 390 cm³/mol. The van der Waals surface area contributed by atoms with E-state index in [4.69, 9.17) is 91.9 Å². The van der Waals surface area contributed by atoms with Crippen LogP contribution in [0.5, 0.6) is 0 Å². The molecule has 9 aliphatic rings. The van der Waals surface area contributed by atoms with Crippen LogP contribution < -0.4 is 63.8 Å². The van der Waals surface area contributed by atoms with Gasteiger partial charge in [-0.1, -0.05) is 88.7 Å². The maximum Gasteiger partial charge on any atom is 0.0560 e. The standard InChI is InChI=1S/C46H76N10OS2.C21H34ClN5.6ClH.3Mn/c1-5-13-43-39(9-1)47-17-18-48-40-10-2-6-14-44(40)52-30-34-26-37(25-33(55-34)29-51-43)58-23-21-57-22-24-59-38-27-35-31-53-45-15-7-3-11-41(45)49-19-20-50-42-12-4-8-16-46(42)54-32-36(28-38)56-35;22-15-11-16-13-25-20-7-3-1-5-18(20)23-9-10-24-19-6-2-4-8-21(19)26-14-17(12-15)27-16;;;;;;;;;/h25-28,39-54H,1-24,29-32H2;11-12,18-21,23-26H,1-10,13-14H2;6*1H;;;/q;;;;;;;;3*+2/p-6/t39-,40-,41-,42-,43-,44-,45-,46-;18-,19-,20-,21-;;;;;;;;;/m11........./s1. The van der Waals surface area contributed by atoms with Crippen molar-refractivity contribution >= 4 is 95.7 Å². The fourth-order valence-electron chi connectivity index (χ4n) is 15.8. The molecule has 0 unspecified atom stereocenters. The van der Waals surface area contributed by atoms with E-state index < -0.39 is 0 Å². The molecular formula is C67H110Cl7Mn3N15OS2. The number of pyridine rings is 3. The molecule has 541 valence electrons. The van der Waals surface area contributed by atoms with Gasteiger partial charge in [0.2, 0.25) is 0 Å². The van der Waals surface area contributed by atoms with Gasteiger partial charge in [-0.2, -0.15) is 0 Å². The van der Waals surface area contributed by atoms with E-state index in [0.717, 1.165) is 142 Å². The summed E-state index contributed by atoms with van der Waals surface area (Å²) < 4.78 is 6.26. The number of aromatic nitrogens is 3. The average Bonchev–Trinajstić information content (AvgIpc) is 3.81. The number of nitrogens with zero attached hydrogens (tertiary/aromatic N) is 3. The van der Waals surface area contributed by atoms with Gasteiger partial charge in [0.15, 0.2) is 0 Å². The number of ether oxygens (including phenoxy) is 1. The minimum absolute atomic E-state index is 0.00694. The van der Waals surface area contributed by atoms with Crippen LogP contribution in [0.25, 0.3) is 0 Å². The van der Waals surface area contributed by atoms with Crippen molar-refractivity contribution in [2.45, 2.75) is 276 Å². The smallest absolute Gasteiger partial charge is 0.0560 e. The molecule has 0 radical (unpaired) electrons. The first-order valence-electron chi connectivity index (χ1n) is 35.6. The largest absolute Gasteiger partial charge is 0.380 e. The Morgan fingerprint density at radius 3 is 0.684 bits per heavy atom. The van der Waals surface area contributed by atoms with Gasteiger partial charge < -0.3 is 68.5 Å². The molecule has 95 heavy (non-hydrogen) atoms. The van der Waals surface area contributed by atoms with E-state index in [1.54, 1.807) is 0 Å². The van der Waals surface area contributed by atoms with Crippen molar-refractivity contribution in [1.82, 2.24) is 78.8 Å². The summed E-state index contributed by atoms with van der Waals surface area (Å²) >= 11 is 10.2. The number of rotatable bonds is 8. The minimum Gasteiger partial charge on any atom is -0.380 e. The molecule has 3 aliphatic heterocycles. The third-order valence-corrected chi connectivity index (χ3v) is 22.5. The Morgan fingerprint density at radius 2 is 0.484 bits per heavy atom. The van der Waals surface area contributed by atoms with Crippen LogP contribution in [-0.4, -0.2) is 151 Å². The average molecular weight is 1620 g/mol. The number of halogens is 7. The first kappa shape index (κ1) is 81.9. The summed E-state index contributed by atoms with van der Waals surface area (Å²) in [6, 6.07) is 19.6. The molecule has 0 amide bonds. The molecule has 12 N–H and O–H groups in total. The molecule has 0 saturated heterocycles. The summed E-state index contributed by atoms with van der Waals surface area (Å²) in [5.41, 5.74) is 6.74. The second-order valence-corrected chi connectivity index (χ2v) is 35.4. The van der Waals surface area contributed by atoms with Crippen LogP contribution in [0, 0.1) is 0 Å². The molecule has 6 fully saturated rings. The topological polar surface area (TPSA) is 192 Å². The second kappa shape index (κ2) is 49.1. The predicted octanol–water partition coefficient (Wildman–Crippen LogP) is 12.2. The number of nitrogens with one attached hydrogen (secondary N) is 12. The van der Waals surface area contributed by atoms with Crippen LogP contribution in [0.3, 0.4) is 0 Å². The van der Waals surface area contributed by atoms with Crippen LogP contribution >= 0.6 is 95.7 Å². The Hall–Kier alpha value is 1.22. The van der Waals surface area contributed by atoms with E-state index in [9.17, 15) is 0 Å². The molecule has 12 atom stereocenters. The number of thioether (sulfide) groups is 2. The molecule has 0 spiro atoms. The zero-order valence-electron chi connectivity index (χ0n) is 55.5. The van der Waals surface area contributed by atoms with Crippen molar-refractivity contribution in [3.8, 4) is 0 Å². The van der Waals surface area contributed by atoms with E-state index in [0.29, 0.717) is 72.5 Å². The molecule has 3 aromatic rings. The number of hydrogen-bond acceptors (Lipinski definition) is 18. The van der Waals surface area contributed by atoms with Crippen molar-refractivity contribution in [2.24, 2.45) is 0 Å². The molecular weight excluding hydrogens is 1510 g/mol. The van der Waals surface area contributed by atoms with Gasteiger partial charge in [-0.25, -0.2) is 0 Å². The molecule has 6 aliphatic carbocycles. The van der Waals surface area contributed by atoms with E-state index in [1.165, 1.54) is 164 Å². The number of hydrogen-bond donors (Lipinski definition) is 12.